The minimum absolute atomic E-state index is 0.149. The minimum atomic E-state index is -3.82. The van der Waals surface area contributed by atoms with Crippen LogP contribution in [0.5, 0.6) is 0 Å². The van der Waals surface area contributed by atoms with E-state index in [0.29, 0.717) is 13.0 Å². The molecule has 1 aromatic rings. The van der Waals surface area contributed by atoms with E-state index in [-0.39, 0.29) is 5.75 Å². The standard InChI is InChI=1S/C13H19NO3S/c1-11-4-2-5-12-10-14(8-6-13(11)12)7-3-9-18(15,16)17/h2,4-5H,3,6-10H2,1H3,(H,15,16,17). The van der Waals surface area contributed by atoms with Crippen LogP contribution in [0.2, 0.25) is 0 Å². The van der Waals surface area contributed by atoms with Crippen LogP contribution in [0.3, 0.4) is 0 Å². The first-order chi connectivity index (χ1) is 8.46. The lowest BCUT2D eigenvalue weighted by atomic mass is 9.95. The summed E-state index contributed by atoms with van der Waals surface area (Å²) < 4.78 is 30.0. The lowest BCUT2D eigenvalue weighted by Gasteiger charge is -2.29. The van der Waals surface area contributed by atoms with E-state index in [0.717, 1.165) is 19.5 Å². The van der Waals surface area contributed by atoms with Gasteiger partial charge in [0.05, 0.1) is 5.75 Å². The summed E-state index contributed by atoms with van der Waals surface area (Å²) in [5.41, 5.74) is 4.11. The van der Waals surface area contributed by atoms with Crippen LogP contribution in [-0.2, 0) is 23.1 Å². The van der Waals surface area contributed by atoms with Crippen molar-refractivity contribution in [2.24, 2.45) is 0 Å². The van der Waals surface area contributed by atoms with Crippen LogP contribution in [0.4, 0.5) is 0 Å². The van der Waals surface area contributed by atoms with E-state index in [9.17, 15) is 8.42 Å². The van der Waals surface area contributed by atoms with Crippen LogP contribution in [-0.4, -0.2) is 36.7 Å². The molecule has 0 saturated heterocycles. The number of hydrogen-bond donors (Lipinski definition) is 1. The maximum absolute atomic E-state index is 10.7. The van der Waals surface area contributed by atoms with Gasteiger partial charge in [-0.2, -0.15) is 8.42 Å². The van der Waals surface area contributed by atoms with Crippen molar-refractivity contribution in [1.29, 1.82) is 0 Å². The molecule has 0 aromatic heterocycles. The Morgan fingerprint density at radius 3 is 2.89 bits per heavy atom. The molecule has 1 heterocycles. The van der Waals surface area contributed by atoms with Crippen LogP contribution in [0.25, 0.3) is 0 Å². The van der Waals surface area contributed by atoms with Gasteiger partial charge in [0.1, 0.15) is 0 Å². The summed E-state index contributed by atoms with van der Waals surface area (Å²) in [6.07, 6.45) is 1.51. The van der Waals surface area contributed by atoms with Gasteiger partial charge >= 0.3 is 0 Å². The Bertz CT molecular complexity index is 525. The molecule has 1 aliphatic rings. The van der Waals surface area contributed by atoms with E-state index in [4.69, 9.17) is 4.55 Å². The number of rotatable bonds is 4. The van der Waals surface area contributed by atoms with E-state index >= 15 is 0 Å². The molecule has 5 heteroatoms. The van der Waals surface area contributed by atoms with Crippen molar-refractivity contribution < 1.29 is 13.0 Å². The van der Waals surface area contributed by atoms with Gasteiger partial charge < -0.3 is 0 Å². The molecule has 1 aromatic carbocycles. The maximum atomic E-state index is 10.7. The topological polar surface area (TPSA) is 57.6 Å². The molecule has 0 bridgehead atoms. The monoisotopic (exact) mass is 269 g/mol. The molecule has 0 radical (unpaired) electrons. The highest BCUT2D eigenvalue weighted by molar-refractivity contribution is 7.85. The number of fused-ring (bicyclic) bond motifs is 1. The molecular weight excluding hydrogens is 250 g/mol. The lowest BCUT2D eigenvalue weighted by molar-refractivity contribution is 0.254. The molecule has 0 atom stereocenters. The van der Waals surface area contributed by atoms with Crippen LogP contribution >= 0.6 is 0 Å². The summed E-state index contributed by atoms with van der Waals surface area (Å²) in [5.74, 6) is -0.149. The summed E-state index contributed by atoms with van der Waals surface area (Å²) >= 11 is 0. The summed E-state index contributed by atoms with van der Waals surface area (Å²) in [6, 6.07) is 6.33. The first-order valence-electron chi connectivity index (χ1n) is 6.20. The number of hydrogen-bond acceptors (Lipinski definition) is 3. The third kappa shape index (κ3) is 3.54. The number of benzene rings is 1. The highest BCUT2D eigenvalue weighted by Crippen LogP contribution is 2.21. The molecule has 18 heavy (non-hydrogen) atoms. The van der Waals surface area contributed by atoms with Gasteiger partial charge in [-0.25, -0.2) is 0 Å². The highest BCUT2D eigenvalue weighted by Gasteiger charge is 2.17. The Morgan fingerprint density at radius 1 is 1.39 bits per heavy atom. The van der Waals surface area contributed by atoms with E-state index in [1.165, 1.54) is 16.7 Å². The molecule has 4 nitrogen and oxygen atoms in total. The van der Waals surface area contributed by atoms with Gasteiger partial charge in [0.15, 0.2) is 0 Å². The van der Waals surface area contributed by atoms with Crippen molar-refractivity contribution in [3.8, 4) is 0 Å². The number of aryl methyl sites for hydroxylation is 1. The Balaban J connectivity index is 1.92. The second kappa shape index (κ2) is 5.38. The third-order valence-electron chi connectivity index (χ3n) is 3.46. The van der Waals surface area contributed by atoms with Crippen molar-refractivity contribution in [3.05, 3.63) is 34.9 Å². The zero-order chi connectivity index (χ0) is 13.2. The molecular formula is C13H19NO3S. The molecule has 1 aliphatic heterocycles. The van der Waals surface area contributed by atoms with Crippen molar-refractivity contribution >= 4 is 10.1 Å². The average molecular weight is 269 g/mol. The van der Waals surface area contributed by atoms with Gasteiger partial charge in [-0.3, -0.25) is 9.45 Å². The Hall–Kier alpha value is -0.910. The molecule has 2 rings (SSSR count). The first kappa shape index (κ1) is 13.5. The lowest BCUT2D eigenvalue weighted by Crippen LogP contribution is -2.32. The SMILES string of the molecule is Cc1cccc2c1CCN(CCCS(=O)(=O)O)C2. The third-order valence-corrected chi connectivity index (χ3v) is 4.26. The molecule has 0 spiro atoms. The minimum Gasteiger partial charge on any atom is -0.299 e. The average Bonchev–Trinajstić information content (AvgIpc) is 2.27. The van der Waals surface area contributed by atoms with Gasteiger partial charge in [0, 0.05) is 13.1 Å². The fraction of sp³-hybridized carbons (Fsp3) is 0.538. The van der Waals surface area contributed by atoms with Crippen molar-refractivity contribution in [1.82, 2.24) is 4.90 Å². The maximum Gasteiger partial charge on any atom is 0.264 e. The molecule has 100 valence electrons. The molecule has 1 N–H and O–H groups in total. The van der Waals surface area contributed by atoms with E-state index < -0.39 is 10.1 Å². The summed E-state index contributed by atoms with van der Waals surface area (Å²) in [7, 11) is -3.82. The summed E-state index contributed by atoms with van der Waals surface area (Å²) in [5, 5.41) is 0. The normalized spacial score (nSPS) is 16.6. The second-order valence-electron chi connectivity index (χ2n) is 4.88. The fourth-order valence-corrected chi connectivity index (χ4v) is 3.01. The van der Waals surface area contributed by atoms with Crippen LogP contribution in [0, 0.1) is 6.92 Å². The molecule has 0 unspecified atom stereocenters. The van der Waals surface area contributed by atoms with Crippen molar-refractivity contribution in [3.63, 3.8) is 0 Å². The molecule has 0 saturated carbocycles. The predicted octanol–water partition coefficient (Wildman–Crippen LogP) is 1.63. The second-order valence-corrected chi connectivity index (χ2v) is 6.45. The molecule has 0 fully saturated rings. The van der Waals surface area contributed by atoms with E-state index in [1.807, 2.05) is 0 Å². The van der Waals surface area contributed by atoms with Crippen molar-refractivity contribution in [2.75, 3.05) is 18.8 Å². The summed E-state index contributed by atoms with van der Waals surface area (Å²) in [4.78, 5) is 2.24. The van der Waals surface area contributed by atoms with Crippen LogP contribution in [0.15, 0.2) is 18.2 Å². The molecule has 0 aliphatic carbocycles. The zero-order valence-corrected chi connectivity index (χ0v) is 11.4. The van der Waals surface area contributed by atoms with Crippen molar-refractivity contribution in [2.45, 2.75) is 26.3 Å². The van der Waals surface area contributed by atoms with Gasteiger partial charge in [-0.1, -0.05) is 18.2 Å². The largest absolute Gasteiger partial charge is 0.299 e. The Labute approximate surface area is 108 Å². The van der Waals surface area contributed by atoms with Gasteiger partial charge in [0.25, 0.3) is 10.1 Å². The quantitative estimate of drug-likeness (QED) is 0.844. The van der Waals surface area contributed by atoms with E-state index in [1.54, 1.807) is 0 Å². The Morgan fingerprint density at radius 2 is 2.17 bits per heavy atom. The zero-order valence-electron chi connectivity index (χ0n) is 10.6. The summed E-state index contributed by atoms with van der Waals surface area (Å²) in [6.45, 7) is 4.69. The van der Waals surface area contributed by atoms with Crippen LogP contribution in [0.1, 0.15) is 23.1 Å². The number of nitrogens with zero attached hydrogens (tertiary/aromatic N) is 1. The van der Waals surface area contributed by atoms with Gasteiger partial charge in [-0.05, 0) is 43.0 Å². The fourth-order valence-electron chi connectivity index (χ4n) is 2.52. The highest BCUT2D eigenvalue weighted by atomic mass is 32.2. The van der Waals surface area contributed by atoms with Gasteiger partial charge in [0.2, 0.25) is 0 Å². The van der Waals surface area contributed by atoms with E-state index in [2.05, 4.69) is 30.0 Å². The predicted molar refractivity (Wildman–Crippen MR) is 71.2 cm³/mol. The smallest absolute Gasteiger partial charge is 0.264 e. The van der Waals surface area contributed by atoms with Crippen LogP contribution < -0.4 is 0 Å². The van der Waals surface area contributed by atoms with Gasteiger partial charge in [-0.15, -0.1) is 0 Å². The molecule has 0 amide bonds. The Kier molecular flexibility index (Phi) is 4.04. The first-order valence-corrected chi connectivity index (χ1v) is 7.81.